The maximum Gasteiger partial charge on any atom is 0.328 e. The van der Waals surface area contributed by atoms with Crippen LogP contribution in [0, 0.1) is 0 Å². The summed E-state index contributed by atoms with van der Waals surface area (Å²) in [4.78, 5) is 48.3. The third-order valence-electron chi connectivity index (χ3n) is 5.34. The van der Waals surface area contributed by atoms with Crippen molar-refractivity contribution >= 4 is 28.7 Å². The minimum Gasteiger partial charge on any atom is -0.461 e. The second-order valence-corrected chi connectivity index (χ2v) is 8.02. The number of amides is 1. The van der Waals surface area contributed by atoms with Crippen molar-refractivity contribution in [3.05, 3.63) is 45.9 Å². The molecule has 10 nitrogen and oxygen atoms in total. The number of carbonyl (C=O) groups is 2. The van der Waals surface area contributed by atoms with Crippen LogP contribution in [0.5, 0.6) is 6.01 Å². The Morgan fingerprint density at radius 1 is 1.09 bits per heavy atom. The zero-order chi connectivity index (χ0) is 24.5. The highest BCUT2D eigenvalue weighted by molar-refractivity contribution is 5.97. The number of hydrogen-bond donors (Lipinski definition) is 2. The van der Waals surface area contributed by atoms with E-state index in [1.54, 1.807) is 31.4 Å². The van der Waals surface area contributed by atoms with Crippen molar-refractivity contribution < 1.29 is 19.1 Å². The molecule has 34 heavy (non-hydrogen) atoms. The number of aromatic amines is 1. The van der Waals surface area contributed by atoms with Crippen LogP contribution in [0.4, 0.5) is 5.82 Å². The number of ether oxygens (including phenoxy) is 2. The first kappa shape index (κ1) is 25.1. The lowest BCUT2D eigenvalue weighted by Gasteiger charge is -2.10. The fourth-order valence-electron chi connectivity index (χ4n) is 3.46. The van der Waals surface area contributed by atoms with Gasteiger partial charge < -0.3 is 19.8 Å². The van der Waals surface area contributed by atoms with Crippen LogP contribution in [0.1, 0.15) is 61.9 Å². The Kier molecular flexibility index (Phi) is 8.92. The zero-order valence-corrected chi connectivity index (χ0v) is 19.8. The average molecular weight is 470 g/mol. The van der Waals surface area contributed by atoms with E-state index in [-0.39, 0.29) is 36.7 Å². The number of Topliss-reactive ketones (excluding diaryl/α,β-unsaturated/α-hetero) is 1. The summed E-state index contributed by atoms with van der Waals surface area (Å²) in [5.74, 6) is -0.0236. The van der Waals surface area contributed by atoms with Crippen LogP contribution in [0.25, 0.3) is 11.2 Å². The Morgan fingerprint density at radius 2 is 1.85 bits per heavy atom. The van der Waals surface area contributed by atoms with Gasteiger partial charge in [-0.25, -0.2) is 4.79 Å². The Labute approximate surface area is 197 Å². The molecule has 0 radical (unpaired) electrons. The van der Waals surface area contributed by atoms with E-state index >= 15 is 0 Å². The fraction of sp³-hybridized carbons (Fsp3) is 0.458. The predicted octanol–water partition coefficient (Wildman–Crippen LogP) is 3.30. The summed E-state index contributed by atoms with van der Waals surface area (Å²) in [7, 11) is 1.55. The highest BCUT2D eigenvalue weighted by atomic mass is 16.5. The lowest BCUT2D eigenvalue weighted by Crippen LogP contribution is -2.18. The van der Waals surface area contributed by atoms with E-state index in [0.29, 0.717) is 29.8 Å². The number of aromatic nitrogens is 4. The third-order valence-corrected chi connectivity index (χ3v) is 5.34. The average Bonchev–Trinajstić information content (AvgIpc) is 3.13. The van der Waals surface area contributed by atoms with Gasteiger partial charge in [0.2, 0.25) is 5.91 Å². The number of fused-ring (bicyclic) bond motifs is 1. The molecule has 0 bridgehead atoms. The lowest BCUT2D eigenvalue weighted by atomic mass is 10.1. The molecule has 0 saturated carbocycles. The summed E-state index contributed by atoms with van der Waals surface area (Å²) in [6.07, 6.45) is 4.27. The van der Waals surface area contributed by atoms with E-state index < -0.39 is 5.69 Å². The number of unbranched alkanes of at least 4 members (excludes halogenated alkanes) is 3. The van der Waals surface area contributed by atoms with Crippen molar-refractivity contribution in [2.75, 3.05) is 25.6 Å². The molecule has 1 aromatic carbocycles. The molecular weight excluding hydrogens is 438 g/mol. The van der Waals surface area contributed by atoms with E-state index in [0.717, 1.165) is 31.2 Å². The molecule has 0 aliphatic heterocycles. The van der Waals surface area contributed by atoms with Crippen LogP contribution in [0.2, 0.25) is 0 Å². The number of rotatable bonds is 13. The number of ketones is 1. The van der Waals surface area contributed by atoms with Crippen LogP contribution >= 0.6 is 0 Å². The monoisotopic (exact) mass is 469 g/mol. The van der Waals surface area contributed by atoms with Gasteiger partial charge in [-0.15, -0.1) is 0 Å². The molecule has 2 N–H and O–H groups in total. The molecule has 2 aromatic heterocycles. The van der Waals surface area contributed by atoms with E-state index in [9.17, 15) is 14.4 Å². The van der Waals surface area contributed by atoms with Crippen LogP contribution in [-0.2, 0) is 16.1 Å². The summed E-state index contributed by atoms with van der Waals surface area (Å²) in [6.45, 7) is 4.38. The maximum absolute atomic E-state index is 12.8. The van der Waals surface area contributed by atoms with Crippen molar-refractivity contribution in [3.8, 4) is 6.01 Å². The van der Waals surface area contributed by atoms with Gasteiger partial charge in [-0.1, -0.05) is 50.5 Å². The molecule has 0 unspecified atom stereocenters. The van der Waals surface area contributed by atoms with Crippen molar-refractivity contribution in [1.29, 1.82) is 0 Å². The molecule has 0 atom stereocenters. The van der Waals surface area contributed by atoms with Crippen molar-refractivity contribution in [2.24, 2.45) is 0 Å². The van der Waals surface area contributed by atoms with Gasteiger partial charge in [0.1, 0.15) is 12.1 Å². The molecule has 3 aromatic rings. The lowest BCUT2D eigenvalue weighted by molar-refractivity contribution is -0.116. The number of nitrogens with zero attached hydrogens (tertiary/aromatic N) is 3. The molecule has 0 fully saturated rings. The summed E-state index contributed by atoms with van der Waals surface area (Å²) >= 11 is 0. The number of benzene rings is 1. The van der Waals surface area contributed by atoms with Gasteiger partial charge in [0.05, 0.1) is 13.2 Å². The summed E-state index contributed by atoms with van der Waals surface area (Å²) < 4.78 is 12.0. The first-order valence-electron chi connectivity index (χ1n) is 11.4. The van der Waals surface area contributed by atoms with Crippen molar-refractivity contribution in [3.63, 3.8) is 0 Å². The number of anilines is 1. The van der Waals surface area contributed by atoms with Crippen LogP contribution in [-0.4, -0.2) is 51.5 Å². The quantitative estimate of drug-likeness (QED) is 0.290. The Hall–Kier alpha value is -3.53. The van der Waals surface area contributed by atoms with Gasteiger partial charge >= 0.3 is 11.7 Å². The van der Waals surface area contributed by atoms with E-state index in [1.807, 2.05) is 0 Å². The second kappa shape index (κ2) is 12.1. The first-order valence-corrected chi connectivity index (χ1v) is 11.4. The standard InChI is InChI=1S/C24H31N5O5/c1-4-5-6-7-8-19(31)25-21-20-22(28-23(27-21)34-14-13-33-3)29(24(32)26-20)15-17-9-11-18(12-10-17)16(2)30/h9-12H,4-8,13-15H2,1-3H3,(H,26,32)(H,25,27,28,31). The predicted molar refractivity (Wildman–Crippen MR) is 128 cm³/mol. The highest BCUT2D eigenvalue weighted by Crippen LogP contribution is 2.22. The SMILES string of the molecule is CCCCCCC(=O)Nc1nc(OCCOC)nc2c1[nH]c(=O)n2Cc1ccc(C(C)=O)cc1. The van der Waals surface area contributed by atoms with Gasteiger partial charge in [0, 0.05) is 19.1 Å². The van der Waals surface area contributed by atoms with Crippen LogP contribution in [0.15, 0.2) is 29.1 Å². The normalized spacial score (nSPS) is 11.0. The van der Waals surface area contributed by atoms with Gasteiger partial charge in [-0.05, 0) is 18.9 Å². The molecule has 3 rings (SSSR count). The van der Waals surface area contributed by atoms with E-state index in [1.165, 1.54) is 11.5 Å². The summed E-state index contributed by atoms with van der Waals surface area (Å²) in [5.41, 5.74) is 1.65. The number of carbonyl (C=O) groups excluding carboxylic acids is 2. The fourth-order valence-corrected chi connectivity index (χ4v) is 3.46. The molecule has 0 spiro atoms. The molecule has 2 heterocycles. The highest BCUT2D eigenvalue weighted by Gasteiger charge is 2.18. The Morgan fingerprint density at radius 3 is 2.53 bits per heavy atom. The molecule has 10 heteroatoms. The van der Waals surface area contributed by atoms with Crippen molar-refractivity contribution in [1.82, 2.24) is 19.5 Å². The molecule has 0 saturated heterocycles. The zero-order valence-electron chi connectivity index (χ0n) is 19.8. The summed E-state index contributed by atoms with van der Waals surface area (Å²) in [6, 6.07) is 7.05. The number of nitrogens with one attached hydrogen (secondary N) is 2. The summed E-state index contributed by atoms with van der Waals surface area (Å²) in [5, 5.41) is 2.79. The third kappa shape index (κ3) is 6.50. The van der Waals surface area contributed by atoms with Gasteiger partial charge in [0.25, 0.3) is 0 Å². The molecule has 182 valence electrons. The molecule has 0 aliphatic carbocycles. The van der Waals surface area contributed by atoms with Crippen molar-refractivity contribution in [2.45, 2.75) is 52.5 Å². The number of imidazole rings is 1. The van der Waals surface area contributed by atoms with Gasteiger partial charge in [-0.2, -0.15) is 9.97 Å². The number of methoxy groups -OCH3 is 1. The van der Waals surface area contributed by atoms with E-state index in [2.05, 4.69) is 27.2 Å². The Bertz CT molecular complexity index is 1180. The van der Waals surface area contributed by atoms with E-state index in [4.69, 9.17) is 9.47 Å². The number of H-pyrrole nitrogens is 1. The van der Waals surface area contributed by atoms with Gasteiger partial charge in [-0.3, -0.25) is 14.2 Å². The largest absolute Gasteiger partial charge is 0.461 e. The first-order chi connectivity index (χ1) is 16.4. The topological polar surface area (TPSA) is 128 Å². The number of hydrogen-bond acceptors (Lipinski definition) is 7. The molecule has 1 amide bonds. The molecule has 0 aliphatic rings. The minimum absolute atomic E-state index is 0.0310. The Balaban J connectivity index is 1.91. The second-order valence-electron chi connectivity index (χ2n) is 8.02. The molecular formula is C24H31N5O5. The maximum atomic E-state index is 12.8. The van der Waals surface area contributed by atoms with Crippen LogP contribution in [0.3, 0.4) is 0 Å². The smallest absolute Gasteiger partial charge is 0.328 e. The minimum atomic E-state index is -0.396. The van der Waals surface area contributed by atoms with Gasteiger partial charge in [0.15, 0.2) is 17.2 Å². The van der Waals surface area contributed by atoms with Crippen LogP contribution < -0.4 is 15.7 Å².